The standard InChI is InChI=1S/C26H20N2O8/c1-15(29)36-21-11-4-6-16(13-21)23-22(24(30)17-7-3-9-19(12-17)28(33)34)25(31)26(32)27(23)18-8-5-10-20(14-18)35-2/h3-14,23,30H,1-2H3/b24-22-. The van der Waals surface area contributed by atoms with E-state index in [0.717, 1.165) is 6.07 Å². The number of benzene rings is 3. The second-order valence-corrected chi connectivity index (χ2v) is 7.84. The van der Waals surface area contributed by atoms with Gasteiger partial charge in [0.15, 0.2) is 0 Å². The van der Waals surface area contributed by atoms with Gasteiger partial charge in [0, 0.05) is 36.4 Å². The molecule has 0 bridgehead atoms. The smallest absolute Gasteiger partial charge is 0.308 e. The van der Waals surface area contributed by atoms with Crippen molar-refractivity contribution in [3.63, 3.8) is 0 Å². The maximum absolute atomic E-state index is 13.3. The van der Waals surface area contributed by atoms with E-state index in [0.29, 0.717) is 17.0 Å². The number of methoxy groups -OCH3 is 1. The molecule has 1 heterocycles. The number of rotatable bonds is 6. The molecule has 1 aliphatic rings. The van der Waals surface area contributed by atoms with Crippen LogP contribution in [0.4, 0.5) is 11.4 Å². The number of amides is 1. The summed E-state index contributed by atoms with van der Waals surface area (Å²) in [5.74, 6) is -2.44. The van der Waals surface area contributed by atoms with Crippen LogP contribution in [0.3, 0.4) is 0 Å². The van der Waals surface area contributed by atoms with E-state index in [4.69, 9.17) is 9.47 Å². The Morgan fingerprint density at radius 2 is 1.69 bits per heavy atom. The Balaban J connectivity index is 1.96. The second-order valence-electron chi connectivity index (χ2n) is 7.84. The van der Waals surface area contributed by atoms with Crippen LogP contribution in [0.15, 0.2) is 78.4 Å². The fourth-order valence-electron chi connectivity index (χ4n) is 4.01. The molecule has 3 aromatic carbocycles. The van der Waals surface area contributed by atoms with Gasteiger partial charge in [-0.1, -0.05) is 30.3 Å². The molecule has 1 aliphatic heterocycles. The van der Waals surface area contributed by atoms with Gasteiger partial charge in [0.05, 0.1) is 23.6 Å². The highest BCUT2D eigenvalue weighted by molar-refractivity contribution is 6.51. The van der Waals surface area contributed by atoms with Crippen LogP contribution in [0.1, 0.15) is 24.1 Å². The van der Waals surface area contributed by atoms with Crippen LogP contribution < -0.4 is 14.4 Å². The van der Waals surface area contributed by atoms with Gasteiger partial charge >= 0.3 is 5.97 Å². The van der Waals surface area contributed by atoms with E-state index in [1.807, 2.05) is 0 Å². The summed E-state index contributed by atoms with van der Waals surface area (Å²) in [6, 6.07) is 16.6. The third-order valence-corrected chi connectivity index (χ3v) is 5.54. The zero-order valence-corrected chi connectivity index (χ0v) is 19.2. The van der Waals surface area contributed by atoms with E-state index in [9.17, 15) is 29.6 Å². The summed E-state index contributed by atoms with van der Waals surface area (Å²) in [5.41, 5.74) is 0.104. The van der Waals surface area contributed by atoms with Gasteiger partial charge < -0.3 is 14.6 Å². The molecule has 0 saturated carbocycles. The Morgan fingerprint density at radius 1 is 1.00 bits per heavy atom. The van der Waals surface area contributed by atoms with E-state index in [2.05, 4.69) is 0 Å². The molecule has 10 nitrogen and oxygen atoms in total. The first-order valence-electron chi connectivity index (χ1n) is 10.7. The minimum atomic E-state index is -1.13. The molecule has 10 heteroatoms. The molecule has 1 saturated heterocycles. The minimum Gasteiger partial charge on any atom is -0.507 e. The lowest BCUT2D eigenvalue weighted by atomic mass is 9.95. The van der Waals surface area contributed by atoms with Gasteiger partial charge in [-0.2, -0.15) is 0 Å². The Hall–Kier alpha value is -4.99. The monoisotopic (exact) mass is 488 g/mol. The Labute approximate surface area is 205 Å². The molecular weight excluding hydrogens is 468 g/mol. The zero-order valence-electron chi connectivity index (χ0n) is 19.2. The molecule has 1 N–H and O–H groups in total. The van der Waals surface area contributed by atoms with E-state index < -0.39 is 34.4 Å². The van der Waals surface area contributed by atoms with Crippen molar-refractivity contribution in [2.24, 2.45) is 0 Å². The van der Waals surface area contributed by atoms with E-state index in [1.165, 1.54) is 49.3 Å². The van der Waals surface area contributed by atoms with Crippen LogP contribution in [0.5, 0.6) is 11.5 Å². The SMILES string of the molecule is COc1cccc(N2C(=O)C(=O)/C(=C(\O)c3cccc([N+](=O)[O-])c3)C2c2cccc(OC(C)=O)c2)c1. The van der Waals surface area contributed by atoms with Crippen molar-refractivity contribution >= 4 is 34.8 Å². The molecular formula is C26H20N2O8. The number of carbonyl (C=O) groups is 3. The van der Waals surface area contributed by atoms with Gasteiger partial charge in [-0.15, -0.1) is 0 Å². The van der Waals surface area contributed by atoms with Gasteiger partial charge in [0.25, 0.3) is 17.4 Å². The molecule has 0 aromatic heterocycles. The number of non-ortho nitro benzene ring substituents is 1. The fourth-order valence-corrected chi connectivity index (χ4v) is 4.01. The summed E-state index contributed by atoms with van der Waals surface area (Å²) in [6.07, 6.45) is 0. The number of nitrogens with zero attached hydrogens (tertiary/aromatic N) is 2. The average Bonchev–Trinajstić information content (AvgIpc) is 3.13. The maximum Gasteiger partial charge on any atom is 0.308 e. The molecule has 1 amide bonds. The Kier molecular flexibility index (Phi) is 6.51. The van der Waals surface area contributed by atoms with Gasteiger partial charge in [-0.25, -0.2) is 0 Å². The molecule has 0 radical (unpaired) electrons. The van der Waals surface area contributed by atoms with Gasteiger partial charge in [-0.3, -0.25) is 29.4 Å². The van der Waals surface area contributed by atoms with E-state index in [-0.39, 0.29) is 22.6 Å². The summed E-state index contributed by atoms with van der Waals surface area (Å²) in [7, 11) is 1.45. The topological polar surface area (TPSA) is 136 Å². The van der Waals surface area contributed by atoms with Crippen LogP contribution in [-0.4, -0.2) is 34.8 Å². The fraction of sp³-hybridized carbons (Fsp3) is 0.115. The van der Waals surface area contributed by atoms with Crippen molar-refractivity contribution in [3.05, 3.63) is 99.6 Å². The summed E-state index contributed by atoms with van der Waals surface area (Å²) in [5, 5.41) is 22.4. The number of aliphatic hydroxyl groups is 1. The van der Waals surface area contributed by atoms with Crippen LogP contribution in [0, 0.1) is 10.1 Å². The van der Waals surface area contributed by atoms with Crippen LogP contribution in [-0.2, 0) is 14.4 Å². The van der Waals surface area contributed by atoms with Crippen LogP contribution >= 0.6 is 0 Å². The van der Waals surface area contributed by atoms with Crippen molar-refractivity contribution in [2.45, 2.75) is 13.0 Å². The Morgan fingerprint density at radius 3 is 2.39 bits per heavy atom. The van der Waals surface area contributed by atoms with Crippen molar-refractivity contribution < 1.29 is 33.9 Å². The quantitative estimate of drug-likeness (QED) is 0.104. The number of ether oxygens (including phenoxy) is 2. The average molecular weight is 488 g/mol. The normalized spacial score (nSPS) is 16.6. The van der Waals surface area contributed by atoms with Gasteiger partial charge in [0.2, 0.25) is 0 Å². The number of anilines is 1. The minimum absolute atomic E-state index is 0.00557. The number of nitro groups is 1. The summed E-state index contributed by atoms with van der Waals surface area (Å²) >= 11 is 0. The molecule has 3 aromatic rings. The number of carbonyl (C=O) groups excluding carboxylic acids is 3. The number of ketones is 1. The lowest BCUT2D eigenvalue weighted by Gasteiger charge is -2.26. The summed E-state index contributed by atoms with van der Waals surface area (Å²) in [4.78, 5) is 49.8. The number of Topliss-reactive ketones (excluding diaryl/α,β-unsaturated/α-hetero) is 1. The van der Waals surface area contributed by atoms with E-state index >= 15 is 0 Å². The first-order valence-corrected chi connectivity index (χ1v) is 10.7. The molecule has 36 heavy (non-hydrogen) atoms. The molecule has 0 aliphatic carbocycles. The highest BCUT2D eigenvalue weighted by Gasteiger charge is 2.47. The van der Waals surface area contributed by atoms with Crippen molar-refractivity contribution in [1.82, 2.24) is 0 Å². The predicted molar refractivity (Wildman–Crippen MR) is 129 cm³/mol. The van der Waals surface area contributed by atoms with Crippen LogP contribution in [0.25, 0.3) is 5.76 Å². The Bertz CT molecular complexity index is 1430. The number of aliphatic hydroxyl groups excluding tert-OH is 1. The number of nitro benzene ring substituents is 1. The first kappa shape index (κ1) is 24.1. The van der Waals surface area contributed by atoms with Crippen molar-refractivity contribution in [1.29, 1.82) is 0 Å². The molecule has 4 rings (SSSR count). The van der Waals surface area contributed by atoms with Gasteiger partial charge in [0.1, 0.15) is 17.3 Å². The molecule has 0 spiro atoms. The van der Waals surface area contributed by atoms with Crippen LogP contribution in [0.2, 0.25) is 0 Å². The van der Waals surface area contributed by atoms with Gasteiger partial charge in [-0.05, 0) is 29.8 Å². The lowest BCUT2D eigenvalue weighted by Crippen LogP contribution is -2.29. The molecule has 1 atom stereocenters. The maximum atomic E-state index is 13.3. The molecule has 1 unspecified atom stereocenters. The number of esters is 1. The lowest BCUT2D eigenvalue weighted by molar-refractivity contribution is -0.384. The third kappa shape index (κ3) is 4.51. The zero-order chi connectivity index (χ0) is 26.0. The molecule has 182 valence electrons. The highest BCUT2D eigenvalue weighted by Crippen LogP contribution is 2.43. The largest absolute Gasteiger partial charge is 0.507 e. The van der Waals surface area contributed by atoms with Crippen molar-refractivity contribution in [3.8, 4) is 11.5 Å². The summed E-state index contributed by atoms with van der Waals surface area (Å²) < 4.78 is 10.4. The summed E-state index contributed by atoms with van der Waals surface area (Å²) in [6.45, 7) is 1.23. The van der Waals surface area contributed by atoms with Crippen molar-refractivity contribution in [2.75, 3.05) is 12.0 Å². The number of hydrogen-bond acceptors (Lipinski definition) is 8. The number of hydrogen-bond donors (Lipinski definition) is 1. The highest BCUT2D eigenvalue weighted by atomic mass is 16.6. The third-order valence-electron chi connectivity index (χ3n) is 5.54. The predicted octanol–water partition coefficient (Wildman–Crippen LogP) is 4.16. The molecule has 1 fully saturated rings. The van der Waals surface area contributed by atoms with E-state index in [1.54, 1.807) is 36.4 Å². The second kappa shape index (κ2) is 9.71. The first-order chi connectivity index (χ1) is 17.2.